The number of ether oxygens (including phenoxy) is 1. The van der Waals surface area contributed by atoms with Gasteiger partial charge >= 0.3 is 24.0 Å². The van der Waals surface area contributed by atoms with Gasteiger partial charge < -0.3 is 9.64 Å². The second kappa shape index (κ2) is 16.3. The Bertz CT molecular complexity index is 498. The Balaban J connectivity index is 3.63. The van der Waals surface area contributed by atoms with Crippen LogP contribution >= 0.6 is 0 Å². The second-order valence-electron chi connectivity index (χ2n) is 8.05. The number of carbonyl (C=O) groups is 2. The number of hydrogen-bond acceptors (Lipinski definition) is 3. The molecule has 9 heteroatoms. The first-order chi connectivity index (χ1) is 14.5. The average molecular weight is 460 g/mol. The van der Waals surface area contributed by atoms with Crippen molar-refractivity contribution in [2.24, 2.45) is 0 Å². The van der Waals surface area contributed by atoms with E-state index in [1.165, 1.54) is 57.8 Å². The van der Waals surface area contributed by atoms with Gasteiger partial charge in [-0.2, -0.15) is 22.0 Å². The van der Waals surface area contributed by atoms with Crippen LogP contribution in [0.15, 0.2) is 0 Å². The molecule has 0 saturated heterocycles. The molecule has 0 radical (unpaired) electrons. The molecule has 0 aromatic carbocycles. The van der Waals surface area contributed by atoms with Crippen molar-refractivity contribution in [1.82, 2.24) is 4.90 Å². The highest BCUT2D eigenvalue weighted by atomic mass is 19.4. The summed E-state index contributed by atoms with van der Waals surface area (Å²) < 4.78 is 67.2. The van der Waals surface area contributed by atoms with Gasteiger partial charge in [0.25, 0.3) is 0 Å². The number of nitrogens with zero attached hydrogens (tertiary/aromatic N) is 1. The molecule has 0 spiro atoms. The Labute approximate surface area is 182 Å². The molecule has 1 amide bonds. The number of hydrogen-bond donors (Lipinski definition) is 0. The largest absolute Gasteiger partial charge is 0.464 e. The van der Waals surface area contributed by atoms with Gasteiger partial charge in [0.15, 0.2) is 0 Å². The number of rotatable bonds is 18. The molecule has 0 aliphatic carbocycles. The van der Waals surface area contributed by atoms with Crippen LogP contribution in [-0.4, -0.2) is 49.1 Å². The average Bonchev–Trinajstić information content (AvgIpc) is 2.69. The van der Waals surface area contributed by atoms with Crippen LogP contribution in [0.4, 0.5) is 22.0 Å². The fourth-order valence-corrected chi connectivity index (χ4v) is 3.15. The molecular weight excluding hydrogens is 421 g/mol. The van der Waals surface area contributed by atoms with Gasteiger partial charge in [0.1, 0.15) is 6.54 Å². The molecule has 0 saturated carbocycles. The minimum absolute atomic E-state index is 0.0288. The van der Waals surface area contributed by atoms with E-state index in [4.69, 9.17) is 4.74 Å². The molecule has 0 aliphatic rings. The minimum Gasteiger partial charge on any atom is -0.464 e. The van der Waals surface area contributed by atoms with E-state index in [2.05, 4.69) is 6.92 Å². The molecule has 0 N–H and O–H groups in total. The van der Waals surface area contributed by atoms with Crippen LogP contribution in [0.2, 0.25) is 0 Å². The summed E-state index contributed by atoms with van der Waals surface area (Å²) in [5.74, 6) is -9.02. The van der Waals surface area contributed by atoms with E-state index in [1.807, 2.05) is 0 Å². The van der Waals surface area contributed by atoms with Gasteiger partial charge in [0.05, 0.1) is 6.61 Å². The van der Waals surface area contributed by atoms with E-state index in [9.17, 15) is 31.5 Å². The zero-order valence-corrected chi connectivity index (χ0v) is 18.9. The number of likely N-dealkylation sites (N-methyl/N-ethyl adjacent to an activating group) is 1. The van der Waals surface area contributed by atoms with E-state index >= 15 is 0 Å². The van der Waals surface area contributed by atoms with Crippen molar-refractivity contribution >= 4 is 11.9 Å². The summed E-state index contributed by atoms with van der Waals surface area (Å²) in [4.78, 5) is 22.8. The van der Waals surface area contributed by atoms with Crippen LogP contribution in [0, 0.1) is 0 Å². The van der Waals surface area contributed by atoms with Crippen LogP contribution in [0.3, 0.4) is 0 Å². The van der Waals surface area contributed by atoms with Crippen molar-refractivity contribution in [3.05, 3.63) is 0 Å². The Hall–Kier alpha value is -1.41. The van der Waals surface area contributed by atoms with Crippen LogP contribution in [-0.2, 0) is 14.3 Å². The third-order valence-electron chi connectivity index (χ3n) is 5.10. The summed E-state index contributed by atoms with van der Waals surface area (Å²) in [6, 6.07) is 0. The molecule has 31 heavy (non-hydrogen) atoms. The lowest BCUT2D eigenvalue weighted by Gasteiger charge is -2.24. The Morgan fingerprint density at radius 2 is 1.10 bits per heavy atom. The first kappa shape index (κ1) is 29.6. The number of halogens is 5. The summed E-state index contributed by atoms with van der Waals surface area (Å²) in [5.41, 5.74) is 0. The van der Waals surface area contributed by atoms with Gasteiger partial charge in [-0.25, -0.2) is 0 Å². The molecule has 0 atom stereocenters. The Morgan fingerprint density at radius 3 is 1.48 bits per heavy atom. The molecule has 0 unspecified atom stereocenters. The van der Waals surface area contributed by atoms with Crippen molar-refractivity contribution in [3.63, 3.8) is 0 Å². The first-order valence-electron chi connectivity index (χ1n) is 11.4. The van der Waals surface area contributed by atoms with E-state index in [0.29, 0.717) is 13.5 Å². The van der Waals surface area contributed by atoms with Gasteiger partial charge in [-0.05, 0) is 6.42 Å². The van der Waals surface area contributed by atoms with Gasteiger partial charge in [-0.1, -0.05) is 90.4 Å². The van der Waals surface area contributed by atoms with E-state index in [0.717, 1.165) is 25.7 Å². The number of carbonyl (C=O) groups excluding carboxylic acids is 2. The molecule has 0 aliphatic heterocycles. The molecule has 0 rings (SSSR count). The first-order valence-corrected chi connectivity index (χ1v) is 11.4. The molecule has 4 nitrogen and oxygen atoms in total. The van der Waals surface area contributed by atoms with Gasteiger partial charge in [-0.15, -0.1) is 0 Å². The minimum atomic E-state index is -6.00. The summed E-state index contributed by atoms with van der Waals surface area (Å²) in [6.07, 6.45) is 10.3. The normalized spacial score (nSPS) is 12.1. The lowest BCUT2D eigenvalue weighted by molar-refractivity contribution is -0.274. The quantitative estimate of drug-likeness (QED) is 0.131. The molecule has 0 bridgehead atoms. The summed E-state index contributed by atoms with van der Waals surface area (Å²) in [5, 5.41) is 0. The second-order valence-corrected chi connectivity index (χ2v) is 8.05. The fourth-order valence-electron chi connectivity index (χ4n) is 3.15. The Morgan fingerprint density at radius 1 is 0.710 bits per heavy atom. The van der Waals surface area contributed by atoms with Crippen LogP contribution in [0.1, 0.15) is 96.8 Å². The topological polar surface area (TPSA) is 46.6 Å². The number of unbranched alkanes of at least 4 members (excludes halogenated alkanes) is 13. The molecule has 0 fully saturated rings. The molecule has 0 heterocycles. The van der Waals surface area contributed by atoms with Crippen molar-refractivity contribution < 1.29 is 36.3 Å². The SMILES string of the molecule is CCCCCCCCCCCCCCCCOC(=O)CN(C)C(=O)C(F)(F)C(F)(F)F. The van der Waals surface area contributed by atoms with Crippen LogP contribution in [0.5, 0.6) is 0 Å². The number of alkyl halides is 5. The van der Waals surface area contributed by atoms with Crippen molar-refractivity contribution in [2.45, 2.75) is 109 Å². The van der Waals surface area contributed by atoms with E-state index < -0.39 is 30.5 Å². The third-order valence-corrected chi connectivity index (χ3v) is 5.10. The summed E-state index contributed by atoms with van der Waals surface area (Å²) >= 11 is 0. The number of amides is 1. The van der Waals surface area contributed by atoms with E-state index in [-0.39, 0.29) is 11.5 Å². The third kappa shape index (κ3) is 13.6. The lowest BCUT2D eigenvalue weighted by atomic mass is 10.0. The van der Waals surface area contributed by atoms with Crippen LogP contribution < -0.4 is 0 Å². The predicted molar refractivity (Wildman–Crippen MR) is 110 cm³/mol. The van der Waals surface area contributed by atoms with Crippen molar-refractivity contribution in [3.8, 4) is 0 Å². The van der Waals surface area contributed by atoms with Crippen molar-refractivity contribution in [2.75, 3.05) is 20.2 Å². The van der Waals surface area contributed by atoms with Crippen LogP contribution in [0.25, 0.3) is 0 Å². The predicted octanol–water partition coefficient (Wildman–Crippen LogP) is 6.67. The zero-order valence-electron chi connectivity index (χ0n) is 18.9. The lowest BCUT2D eigenvalue weighted by Crippen LogP contribution is -2.52. The molecule has 0 aromatic rings. The molecular formula is C22H38F5NO3. The van der Waals surface area contributed by atoms with E-state index in [1.54, 1.807) is 0 Å². The van der Waals surface area contributed by atoms with Gasteiger partial charge in [-0.3, -0.25) is 9.59 Å². The highest BCUT2D eigenvalue weighted by Crippen LogP contribution is 2.36. The summed E-state index contributed by atoms with van der Waals surface area (Å²) in [7, 11) is 0.704. The van der Waals surface area contributed by atoms with Gasteiger partial charge in [0.2, 0.25) is 0 Å². The number of esters is 1. The monoisotopic (exact) mass is 459 g/mol. The fraction of sp³-hybridized carbons (Fsp3) is 0.909. The molecule has 0 aromatic heterocycles. The maximum atomic E-state index is 13.0. The maximum absolute atomic E-state index is 13.0. The molecule has 184 valence electrons. The highest BCUT2D eigenvalue weighted by molar-refractivity contribution is 5.87. The standard InChI is InChI=1S/C22H38F5NO3/c1-3-4-5-6-7-8-9-10-11-12-13-14-15-16-17-31-19(29)18-28(2)20(30)21(23,24)22(25,26)27/h3-18H2,1-2H3. The van der Waals surface area contributed by atoms with Gasteiger partial charge in [0, 0.05) is 7.05 Å². The zero-order chi connectivity index (χ0) is 23.8. The smallest absolute Gasteiger partial charge is 0.463 e. The van der Waals surface area contributed by atoms with Crippen molar-refractivity contribution in [1.29, 1.82) is 0 Å². The Kier molecular flexibility index (Phi) is 15.5. The maximum Gasteiger partial charge on any atom is 0.463 e. The summed E-state index contributed by atoms with van der Waals surface area (Å²) in [6.45, 7) is 1.31. The highest BCUT2D eigenvalue weighted by Gasteiger charge is 2.64.